The molecule has 0 bridgehead atoms. The fraction of sp³-hybridized carbons (Fsp3) is 0.833. The number of nitrogens with two attached hydrogens (primary N) is 1. The highest BCUT2D eigenvalue weighted by molar-refractivity contribution is 5.72. The van der Waals surface area contributed by atoms with E-state index in [1.54, 1.807) is 4.90 Å². The number of likely N-dealkylation sites (tertiary alicyclic amines) is 1. The number of hydrogen-bond donors (Lipinski definition) is 2. The van der Waals surface area contributed by atoms with Crippen molar-refractivity contribution < 1.29 is 4.79 Å². The van der Waals surface area contributed by atoms with Crippen LogP contribution in [0.4, 0.5) is 4.79 Å². The Balaban J connectivity index is 2.35. The molecule has 0 aromatic rings. The van der Waals surface area contributed by atoms with Gasteiger partial charge in [0.05, 0.1) is 0 Å². The molecule has 4 heteroatoms. The SMILES string of the molecule is CN[C@H]1CCN(C(N)=O)C1. The molecule has 0 aromatic carbocycles. The molecule has 1 heterocycles. The first-order valence-corrected chi connectivity index (χ1v) is 3.45. The van der Waals surface area contributed by atoms with E-state index in [2.05, 4.69) is 5.32 Å². The maximum absolute atomic E-state index is 10.6. The Morgan fingerprint density at radius 3 is 2.80 bits per heavy atom. The van der Waals surface area contributed by atoms with Gasteiger partial charge in [-0.05, 0) is 13.5 Å². The van der Waals surface area contributed by atoms with Crippen LogP contribution in [0.5, 0.6) is 0 Å². The highest BCUT2D eigenvalue weighted by Gasteiger charge is 2.22. The van der Waals surface area contributed by atoms with Crippen molar-refractivity contribution in [1.82, 2.24) is 10.2 Å². The minimum Gasteiger partial charge on any atom is -0.351 e. The third-order valence-corrected chi connectivity index (χ3v) is 1.91. The molecule has 58 valence electrons. The highest BCUT2D eigenvalue weighted by atomic mass is 16.2. The summed E-state index contributed by atoms with van der Waals surface area (Å²) in [6.45, 7) is 1.55. The maximum atomic E-state index is 10.6. The molecule has 0 saturated carbocycles. The van der Waals surface area contributed by atoms with E-state index in [9.17, 15) is 4.79 Å². The number of hydrogen-bond acceptors (Lipinski definition) is 2. The molecule has 10 heavy (non-hydrogen) atoms. The van der Waals surface area contributed by atoms with Gasteiger partial charge in [-0.15, -0.1) is 0 Å². The van der Waals surface area contributed by atoms with Crippen LogP contribution in [0.3, 0.4) is 0 Å². The van der Waals surface area contributed by atoms with Crippen LogP contribution >= 0.6 is 0 Å². The van der Waals surface area contributed by atoms with Gasteiger partial charge in [-0.3, -0.25) is 0 Å². The first-order valence-electron chi connectivity index (χ1n) is 3.45. The van der Waals surface area contributed by atoms with E-state index in [1.807, 2.05) is 7.05 Å². The molecule has 1 aliphatic rings. The Bertz CT molecular complexity index is 137. The van der Waals surface area contributed by atoms with E-state index in [4.69, 9.17) is 5.73 Å². The Labute approximate surface area is 60.4 Å². The molecule has 2 amide bonds. The zero-order chi connectivity index (χ0) is 7.56. The van der Waals surface area contributed by atoms with E-state index in [-0.39, 0.29) is 6.03 Å². The van der Waals surface area contributed by atoms with Crippen LogP contribution in [-0.4, -0.2) is 37.1 Å². The third kappa shape index (κ3) is 1.39. The Kier molecular flexibility index (Phi) is 2.11. The molecular weight excluding hydrogens is 130 g/mol. The summed E-state index contributed by atoms with van der Waals surface area (Å²) in [6.07, 6.45) is 1.01. The summed E-state index contributed by atoms with van der Waals surface area (Å²) in [6, 6.07) is 0.130. The summed E-state index contributed by atoms with van der Waals surface area (Å²) in [5.74, 6) is 0. The Morgan fingerprint density at radius 2 is 2.50 bits per heavy atom. The zero-order valence-electron chi connectivity index (χ0n) is 6.13. The number of likely N-dealkylation sites (N-methyl/N-ethyl adjacent to an activating group) is 1. The normalized spacial score (nSPS) is 25.3. The Morgan fingerprint density at radius 1 is 1.80 bits per heavy atom. The fourth-order valence-corrected chi connectivity index (χ4v) is 1.20. The molecule has 1 aliphatic heterocycles. The van der Waals surface area contributed by atoms with Crippen molar-refractivity contribution in [2.45, 2.75) is 12.5 Å². The van der Waals surface area contributed by atoms with Gasteiger partial charge in [-0.2, -0.15) is 0 Å². The van der Waals surface area contributed by atoms with Crippen LogP contribution in [0.1, 0.15) is 6.42 Å². The van der Waals surface area contributed by atoms with Gasteiger partial charge >= 0.3 is 6.03 Å². The number of carbonyl (C=O) groups excluding carboxylic acids is 1. The van der Waals surface area contributed by atoms with Gasteiger partial charge in [0.25, 0.3) is 0 Å². The fourth-order valence-electron chi connectivity index (χ4n) is 1.20. The molecule has 1 saturated heterocycles. The van der Waals surface area contributed by atoms with Crippen molar-refractivity contribution in [3.8, 4) is 0 Å². The van der Waals surface area contributed by atoms with Gasteiger partial charge in [0.1, 0.15) is 0 Å². The lowest BCUT2D eigenvalue weighted by atomic mass is 10.3. The van der Waals surface area contributed by atoms with Crippen molar-refractivity contribution >= 4 is 6.03 Å². The minimum absolute atomic E-state index is 0.308. The molecule has 1 rings (SSSR count). The second kappa shape index (κ2) is 2.88. The summed E-state index contributed by atoms with van der Waals surface area (Å²) < 4.78 is 0. The first-order chi connectivity index (χ1) is 4.74. The monoisotopic (exact) mass is 143 g/mol. The number of carbonyl (C=O) groups is 1. The lowest BCUT2D eigenvalue weighted by molar-refractivity contribution is 0.217. The summed E-state index contributed by atoms with van der Waals surface area (Å²) in [5.41, 5.74) is 5.07. The van der Waals surface area contributed by atoms with Gasteiger partial charge in [-0.1, -0.05) is 0 Å². The summed E-state index contributed by atoms with van der Waals surface area (Å²) in [5, 5.41) is 3.10. The highest BCUT2D eigenvalue weighted by Crippen LogP contribution is 2.06. The molecule has 0 unspecified atom stereocenters. The van der Waals surface area contributed by atoms with Crippen molar-refractivity contribution in [3.63, 3.8) is 0 Å². The van der Waals surface area contributed by atoms with E-state index < -0.39 is 0 Å². The van der Waals surface area contributed by atoms with Crippen LogP contribution in [0, 0.1) is 0 Å². The van der Waals surface area contributed by atoms with Crippen LogP contribution in [0.2, 0.25) is 0 Å². The smallest absolute Gasteiger partial charge is 0.314 e. The van der Waals surface area contributed by atoms with Gasteiger partial charge in [0, 0.05) is 19.1 Å². The number of nitrogens with one attached hydrogen (secondary N) is 1. The van der Waals surface area contributed by atoms with E-state index in [1.165, 1.54) is 0 Å². The molecule has 4 nitrogen and oxygen atoms in total. The van der Waals surface area contributed by atoms with E-state index >= 15 is 0 Å². The summed E-state index contributed by atoms with van der Waals surface area (Å²) in [7, 11) is 1.90. The number of rotatable bonds is 1. The van der Waals surface area contributed by atoms with Crippen molar-refractivity contribution in [2.75, 3.05) is 20.1 Å². The van der Waals surface area contributed by atoms with Gasteiger partial charge < -0.3 is 16.0 Å². The summed E-state index contributed by atoms with van der Waals surface area (Å²) in [4.78, 5) is 12.2. The molecule has 1 atom stereocenters. The van der Waals surface area contributed by atoms with Crippen LogP contribution < -0.4 is 11.1 Å². The number of nitrogens with zero attached hydrogens (tertiary/aromatic N) is 1. The van der Waals surface area contributed by atoms with Crippen LogP contribution in [0.25, 0.3) is 0 Å². The molecule has 1 fully saturated rings. The van der Waals surface area contributed by atoms with E-state index in [0.29, 0.717) is 6.04 Å². The third-order valence-electron chi connectivity index (χ3n) is 1.91. The second-order valence-electron chi connectivity index (χ2n) is 2.56. The number of primary amides is 1. The van der Waals surface area contributed by atoms with Crippen molar-refractivity contribution in [3.05, 3.63) is 0 Å². The van der Waals surface area contributed by atoms with Gasteiger partial charge in [-0.25, -0.2) is 4.79 Å². The van der Waals surface area contributed by atoms with Crippen molar-refractivity contribution in [2.24, 2.45) is 5.73 Å². The minimum atomic E-state index is -0.308. The standard InChI is InChI=1S/C6H13N3O/c1-8-5-2-3-9(4-5)6(7)10/h5,8H,2-4H2,1H3,(H2,7,10)/t5-/m0/s1. The molecule has 0 spiro atoms. The average molecular weight is 143 g/mol. The molecular formula is C6H13N3O. The van der Waals surface area contributed by atoms with E-state index in [0.717, 1.165) is 19.5 Å². The Hall–Kier alpha value is -0.770. The first kappa shape index (κ1) is 7.34. The lowest BCUT2D eigenvalue weighted by Gasteiger charge is -2.12. The predicted molar refractivity (Wildman–Crippen MR) is 38.6 cm³/mol. The molecule has 3 N–H and O–H groups in total. The predicted octanol–water partition coefficient (Wildman–Crippen LogP) is -0.641. The largest absolute Gasteiger partial charge is 0.351 e. The maximum Gasteiger partial charge on any atom is 0.314 e. The average Bonchev–Trinajstić information content (AvgIpc) is 2.34. The zero-order valence-corrected chi connectivity index (χ0v) is 6.13. The van der Waals surface area contributed by atoms with Crippen LogP contribution in [0.15, 0.2) is 0 Å². The molecule has 0 aliphatic carbocycles. The topological polar surface area (TPSA) is 58.4 Å². The number of amides is 2. The lowest BCUT2D eigenvalue weighted by Crippen LogP contribution is -2.36. The van der Waals surface area contributed by atoms with Crippen molar-refractivity contribution in [1.29, 1.82) is 0 Å². The molecule has 0 radical (unpaired) electrons. The number of urea groups is 1. The summed E-state index contributed by atoms with van der Waals surface area (Å²) >= 11 is 0. The van der Waals surface area contributed by atoms with Gasteiger partial charge in [0.15, 0.2) is 0 Å². The quantitative estimate of drug-likeness (QED) is 0.513. The molecule has 0 aromatic heterocycles. The van der Waals surface area contributed by atoms with Crippen LogP contribution in [-0.2, 0) is 0 Å². The second-order valence-corrected chi connectivity index (χ2v) is 2.56. The van der Waals surface area contributed by atoms with Gasteiger partial charge in [0.2, 0.25) is 0 Å².